The van der Waals surface area contributed by atoms with E-state index in [1.54, 1.807) is 6.92 Å². The number of rotatable bonds is 13. The van der Waals surface area contributed by atoms with Gasteiger partial charge in [-0.1, -0.05) is 45.1 Å². The van der Waals surface area contributed by atoms with Gasteiger partial charge in [0.1, 0.15) is 0 Å². The van der Waals surface area contributed by atoms with Crippen molar-refractivity contribution in [3.63, 3.8) is 0 Å². The van der Waals surface area contributed by atoms with Crippen LogP contribution in [0.3, 0.4) is 0 Å². The summed E-state index contributed by atoms with van der Waals surface area (Å²) < 4.78 is 38.1. The lowest BCUT2D eigenvalue weighted by Crippen LogP contribution is -2.06. The molecule has 0 unspecified atom stereocenters. The van der Waals surface area contributed by atoms with Gasteiger partial charge < -0.3 is 4.74 Å². The van der Waals surface area contributed by atoms with Crippen LogP contribution < -0.4 is 0 Å². The molecular formula is C14H26O6S. The summed E-state index contributed by atoms with van der Waals surface area (Å²) in [4.78, 5) is 11.1. The molecule has 0 atom stereocenters. The van der Waals surface area contributed by atoms with E-state index >= 15 is 0 Å². The number of ether oxygens (including phenoxy) is 1. The normalized spacial score (nSPS) is 11.3. The Balaban J connectivity index is 3.19. The van der Waals surface area contributed by atoms with Crippen LogP contribution in [0.5, 0.6) is 0 Å². The molecule has 0 rings (SSSR count). The summed E-state index contributed by atoms with van der Waals surface area (Å²) in [5.41, 5.74) is 0.424. The van der Waals surface area contributed by atoms with E-state index in [4.69, 9.17) is 9.29 Å². The SMILES string of the molecule is C=C(C)C(=O)OCCCCCCCCCCOS(=O)(=O)O. The molecular weight excluding hydrogens is 296 g/mol. The van der Waals surface area contributed by atoms with Crippen molar-refractivity contribution in [2.75, 3.05) is 13.2 Å². The monoisotopic (exact) mass is 322 g/mol. The number of esters is 1. The van der Waals surface area contributed by atoms with E-state index < -0.39 is 10.4 Å². The zero-order chi connectivity index (χ0) is 16.1. The van der Waals surface area contributed by atoms with E-state index in [1.807, 2.05) is 0 Å². The van der Waals surface area contributed by atoms with Gasteiger partial charge in [0.2, 0.25) is 0 Å². The summed E-state index contributed by atoms with van der Waals surface area (Å²) in [6.07, 6.45) is 7.68. The molecule has 0 aromatic carbocycles. The molecule has 0 aromatic heterocycles. The first-order chi connectivity index (χ1) is 9.83. The maximum atomic E-state index is 11.1. The highest BCUT2D eigenvalue weighted by molar-refractivity contribution is 7.80. The standard InChI is InChI=1S/C14H26O6S/c1-13(2)14(15)19-11-9-7-5-3-4-6-8-10-12-20-21(16,17)18/h1,3-12H2,2H3,(H,16,17,18). The minimum Gasteiger partial charge on any atom is -0.462 e. The van der Waals surface area contributed by atoms with E-state index in [2.05, 4.69) is 10.8 Å². The minimum absolute atomic E-state index is 0.0346. The van der Waals surface area contributed by atoms with Gasteiger partial charge in [-0.2, -0.15) is 8.42 Å². The molecule has 0 bridgehead atoms. The van der Waals surface area contributed by atoms with Gasteiger partial charge in [-0.25, -0.2) is 8.98 Å². The van der Waals surface area contributed by atoms with Crippen LogP contribution in [0.1, 0.15) is 58.3 Å². The summed E-state index contributed by atoms with van der Waals surface area (Å²) in [6, 6.07) is 0. The molecule has 0 aliphatic rings. The summed E-state index contributed by atoms with van der Waals surface area (Å²) in [7, 11) is -4.29. The molecule has 1 N–H and O–H groups in total. The molecule has 6 nitrogen and oxygen atoms in total. The van der Waals surface area contributed by atoms with Gasteiger partial charge in [0.25, 0.3) is 0 Å². The highest BCUT2D eigenvalue weighted by Crippen LogP contribution is 2.09. The zero-order valence-corrected chi connectivity index (χ0v) is 13.5. The predicted octanol–water partition coefficient (Wildman–Crippen LogP) is 3.05. The van der Waals surface area contributed by atoms with Crippen molar-refractivity contribution < 1.29 is 26.7 Å². The molecule has 0 fully saturated rings. The van der Waals surface area contributed by atoms with Gasteiger partial charge in [0.05, 0.1) is 13.2 Å². The second-order valence-electron chi connectivity index (χ2n) is 4.99. The van der Waals surface area contributed by atoms with Crippen molar-refractivity contribution in [2.24, 2.45) is 0 Å². The van der Waals surface area contributed by atoms with Crippen molar-refractivity contribution >= 4 is 16.4 Å². The second kappa shape index (κ2) is 11.7. The highest BCUT2D eigenvalue weighted by Gasteiger charge is 2.03. The van der Waals surface area contributed by atoms with Crippen molar-refractivity contribution in [3.8, 4) is 0 Å². The third-order valence-corrected chi connectivity index (χ3v) is 3.32. The maximum absolute atomic E-state index is 11.1. The van der Waals surface area contributed by atoms with E-state index in [0.29, 0.717) is 18.6 Å². The molecule has 0 aliphatic carbocycles. The quantitative estimate of drug-likeness (QED) is 0.242. The van der Waals surface area contributed by atoms with Crippen LogP contribution in [0.25, 0.3) is 0 Å². The lowest BCUT2D eigenvalue weighted by molar-refractivity contribution is -0.139. The first-order valence-electron chi connectivity index (χ1n) is 7.27. The van der Waals surface area contributed by atoms with Crippen LogP contribution in [0, 0.1) is 0 Å². The van der Waals surface area contributed by atoms with Crippen molar-refractivity contribution in [1.82, 2.24) is 0 Å². The fraction of sp³-hybridized carbons (Fsp3) is 0.786. The Kier molecular flexibility index (Phi) is 11.2. The summed E-state index contributed by atoms with van der Waals surface area (Å²) >= 11 is 0. The van der Waals surface area contributed by atoms with Gasteiger partial charge in [0.15, 0.2) is 0 Å². The number of carbonyl (C=O) groups excluding carboxylic acids is 1. The van der Waals surface area contributed by atoms with Crippen molar-refractivity contribution in [2.45, 2.75) is 58.3 Å². The number of hydrogen-bond donors (Lipinski definition) is 1. The van der Waals surface area contributed by atoms with Gasteiger partial charge in [-0.3, -0.25) is 4.55 Å². The summed E-state index contributed by atoms with van der Waals surface area (Å²) in [5.74, 6) is -0.331. The predicted molar refractivity (Wildman–Crippen MR) is 80.2 cm³/mol. The third-order valence-electron chi connectivity index (χ3n) is 2.85. The number of hydrogen-bond acceptors (Lipinski definition) is 5. The Hall–Kier alpha value is -0.920. The first kappa shape index (κ1) is 20.1. The molecule has 0 saturated carbocycles. The Bertz CT molecular complexity index is 402. The fourth-order valence-electron chi connectivity index (χ4n) is 1.72. The second-order valence-corrected chi connectivity index (χ2v) is 6.09. The van der Waals surface area contributed by atoms with Crippen LogP contribution >= 0.6 is 0 Å². The third kappa shape index (κ3) is 15.3. The summed E-state index contributed by atoms with van der Waals surface area (Å²) in [5, 5.41) is 0. The van der Waals surface area contributed by atoms with Gasteiger partial charge in [0, 0.05) is 5.57 Å². The molecule has 0 heterocycles. The minimum atomic E-state index is -4.29. The van der Waals surface area contributed by atoms with Gasteiger partial charge >= 0.3 is 16.4 Å². The van der Waals surface area contributed by atoms with Gasteiger partial charge in [-0.05, 0) is 19.8 Å². The van der Waals surface area contributed by atoms with Gasteiger partial charge in [-0.15, -0.1) is 0 Å². The molecule has 0 aliphatic heterocycles. The Morgan fingerprint density at radius 1 is 0.952 bits per heavy atom. The van der Waals surface area contributed by atoms with E-state index in [9.17, 15) is 13.2 Å². The average molecular weight is 322 g/mol. The van der Waals surface area contributed by atoms with Crippen LogP contribution in [-0.2, 0) is 24.1 Å². The Labute approximate surface area is 127 Å². The Morgan fingerprint density at radius 3 is 1.81 bits per heavy atom. The maximum Gasteiger partial charge on any atom is 0.397 e. The summed E-state index contributed by atoms with van der Waals surface area (Å²) in [6.45, 7) is 5.61. The topological polar surface area (TPSA) is 89.9 Å². The van der Waals surface area contributed by atoms with Crippen molar-refractivity contribution in [1.29, 1.82) is 0 Å². The molecule has 0 radical (unpaired) electrons. The van der Waals surface area contributed by atoms with Crippen LogP contribution in [0.2, 0.25) is 0 Å². The zero-order valence-electron chi connectivity index (χ0n) is 12.7. The fourth-order valence-corrected chi connectivity index (χ4v) is 2.05. The molecule has 21 heavy (non-hydrogen) atoms. The smallest absolute Gasteiger partial charge is 0.397 e. The molecule has 7 heteroatoms. The molecule has 0 amide bonds. The van der Waals surface area contributed by atoms with Crippen LogP contribution in [0.4, 0.5) is 0 Å². The average Bonchev–Trinajstić information content (AvgIpc) is 2.38. The highest BCUT2D eigenvalue weighted by atomic mass is 32.3. The van der Waals surface area contributed by atoms with E-state index in [1.165, 1.54) is 0 Å². The molecule has 0 saturated heterocycles. The number of unbranched alkanes of at least 4 members (excludes halogenated alkanes) is 7. The number of carbonyl (C=O) groups is 1. The van der Waals surface area contributed by atoms with Crippen molar-refractivity contribution in [3.05, 3.63) is 12.2 Å². The lowest BCUT2D eigenvalue weighted by Gasteiger charge is -2.04. The first-order valence-corrected chi connectivity index (χ1v) is 8.64. The molecule has 124 valence electrons. The Morgan fingerprint density at radius 2 is 1.38 bits per heavy atom. The van der Waals surface area contributed by atoms with Crippen LogP contribution in [-0.4, -0.2) is 32.2 Å². The molecule has 0 aromatic rings. The van der Waals surface area contributed by atoms with Crippen LogP contribution in [0.15, 0.2) is 12.2 Å². The largest absolute Gasteiger partial charge is 0.462 e. The van der Waals surface area contributed by atoms with E-state index in [0.717, 1.165) is 44.9 Å². The lowest BCUT2D eigenvalue weighted by atomic mass is 10.1. The molecule has 0 spiro atoms. The van der Waals surface area contributed by atoms with E-state index in [-0.39, 0.29) is 12.6 Å².